The second kappa shape index (κ2) is 7.04. The summed E-state index contributed by atoms with van der Waals surface area (Å²) in [6, 6.07) is 6.18. The van der Waals surface area contributed by atoms with Gasteiger partial charge in [0.1, 0.15) is 9.71 Å². The van der Waals surface area contributed by atoms with E-state index in [-0.39, 0.29) is 11.9 Å². The Morgan fingerprint density at radius 1 is 1.17 bits per heavy atom. The normalized spacial score (nSPS) is 14.3. The number of pyridine rings is 1. The number of fused-ring (bicyclic) bond motifs is 2. The van der Waals surface area contributed by atoms with Crippen molar-refractivity contribution in [2.24, 2.45) is 0 Å². The topological polar surface area (TPSA) is 67.8 Å². The summed E-state index contributed by atoms with van der Waals surface area (Å²) in [5, 5.41) is 4.75. The first kappa shape index (κ1) is 18.5. The number of halogens is 1. The molecule has 1 amide bonds. The van der Waals surface area contributed by atoms with Gasteiger partial charge in [0.15, 0.2) is 0 Å². The lowest BCUT2D eigenvalue weighted by Gasteiger charge is -2.26. The molecule has 1 aliphatic carbocycles. The Balaban J connectivity index is 1.76. The van der Waals surface area contributed by atoms with Crippen molar-refractivity contribution in [3.8, 4) is 11.1 Å². The molecule has 4 aromatic rings. The van der Waals surface area contributed by atoms with Crippen molar-refractivity contribution in [3.05, 3.63) is 51.7 Å². The van der Waals surface area contributed by atoms with Crippen molar-refractivity contribution in [2.75, 3.05) is 0 Å². The summed E-state index contributed by atoms with van der Waals surface area (Å²) in [5.41, 5.74) is 5.13. The summed E-state index contributed by atoms with van der Waals surface area (Å²) in [5.74, 6) is -0.0416. The number of nitrogens with zero attached hydrogens (tertiary/aromatic N) is 3. The maximum absolute atomic E-state index is 13.2. The van der Waals surface area contributed by atoms with E-state index in [1.165, 1.54) is 17.8 Å². The highest BCUT2D eigenvalue weighted by Crippen LogP contribution is 2.42. The molecular formula is C22H19ClN4OS. The first-order valence-corrected chi connectivity index (χ1v) is 10.8. The van der Waals surface area contributed by atoms with Crippen LogP contribution < -0.4 is 5.32 Å². The lowest BCUT2D eigenvalue weighted by molar-refractivity contribution is 0.0922. The zero-order chi connectivity index (χ0) is 20.1. The maximum atomic E-state index is 13.2. The highest BCUT2D eigenvalue weighted by Gasteiger charge is 2.27. The van der Waals surface area contributed by atoms with Gasteiger partial charge in [-0.15, -0.1) is 11.3 Å². The van der Waals surface area contributed by atoms with Crippen LogP contribution in [0.15, 0.2) is 30.6 Å². The first-order chi connectivity index (χ1) is 14.0. The molecular weight excluding hydrogens is 404 g/mol. The van der Waals surface area contributed by atoms with Crippen molar-refractivity contribution in [1.29, 1.82) is 0 Å². The number of rotatable bonds is 3. The van der Waals surface area contributed by atoms with E-state index in [9.17, 15) is 4.79 Å². The quantitative estimate of drug-likeness (QED) is 0.476. The SMILES string of the molecule is Cc1nc2sc(C(=O)NC3CCC3)c(-c3ccc4nccnc4c3)c2c(C)c1Cl. The molecule has 0 unspecified atom stereocenters. The van der Waals surface area contributed by atoms with Gasteiger partial charge >= 0.3 is 0 Å². The van der Waals surface area contributed by atoms with E-state index in [1.54, 1.807) is 12.4 Å². The fourth-order valence-electron chi connectivity index (χ4n) is 3.79. The molecule has 0 saturated heterocycles. The molecule has 29 heavy (non-hydrogen) atoms. The average Bonchev–Trinajstić information content (AvgIpc) is 3.08. The van der Waals surface area contributed by atoms with Crippen LogP contribution in [-0.2, 0) is 0 Å². The number of amides is 1. The molecule has 7 heteroatoms. The Bertz CT molecular complexity index is 1280. The van der Waals surface area contributed by atoms with Crippen LogP contribution in [-0.4, -0.2) is 26.9 Å². The van der Waals surface area contributed by atoms with Crippen LogP contribution in [0.4, 0.5) is 0 Å². The number of carbonyl (C=O) groups excluding carboxylic acids is 1. The molecule has 5 nitrogen and oxygen atoms in total. The van der Waals surface area contributed by atoms with Gasteiger partial charge in [0.2, 0.25) is 0 Å². The number of carbonyl (C=O) groups is 1. The monoisotopic (exact) mass is 422 g/mol. The van der Waals surface area contributed by atoms with Gasteiger partial charge in [0.25, 0.3) is 5.91 Å². The van der Waals surface area contributed by atoms with Gasteiger partial charge in [-0.25, -0.2) is 4.98 Å². The van der Waals surface area contributed by atoms with Gasteiger partial charge < -0.3 is 5.32 Å². The Labute approximate surface area is 177 Å². The Morgan fingerprint density at radius 3 is 2.66 bits per heavy atom. The van der Waals surface area contributed by atoms with Crippen LogP contribution in [0.5, 0.6) is 0 Å². The fraction of sp³-hybridized carbons (Fsp3) is 0.273. The Morgan fingerprint density at radius 2 is 1.93 bits per heavy atom. The Hall–Kier alpha value is -2.57. The molecule has 3 aromatic heterocycles. The lowest BCUT2D eigenvalue weighted by atomic mass is 9.93. The number of nitrogens with one attached hydrogen (secondary N) is 1. The average molecular weight is 423 g/mol. The van der Waals surface area contributed by atoms with Crippen LogP contribution in [0.3, 0.4) is 0 Å². The van der Waals surface area contributed by atoms with E-state index >= 15 is 0 Å². The van der Waals surface area contributed by atoms with Gasteiger partial charge in [0, 0.05) is 29.4 Å². The molecule has 0 spiro atoms. The van der Waals surface area contributed by atoms with E-state index < -0.39 is 0 Å². The molecule has 0 aliphatic heterocycles. The van der Waals surface area contributed by atoms with Crippen molar-refractivity contribution >= 4 is 50.1 Å². The third kappa shape index (κ3) is 3.07. The standard InChI is InChI=1S/C22H19ClN4OS/c1-11-17-18(13-6-7-15-16(10-13)25-9-8-24-15)20(21(28)27-14-4-3-5-14)29-22(17)26-12(2)19(11)23/h6-10,14H,3-5H2,1-2H3,(H,27,28). The number of benzene rings is 1. The van der Waals surface area contributed by atoms with Gasteiger partial charge in [-0.1, -0.05) is 17.7 Å². The summed E-state index contributed by atoms with van der Waals surface area (Å²) >= 11 is 7.96. The van der Waals surface area contributed by atoms with Crippen molar-refractivity contribution in [3.63, 3.8) is 0 Å². The van der Waals surface area contributed by atoms with Crippen molar-refractivity contribution in [1.82, 2.24) is 20.3 Å². The minimum Gasteiger partial charge on any atom is -0.349 e. The summed E-state index contributed by atoms with van der Waals surface area (Å²) in [4.78, 5) is 28.1. The molecule has 1 aliphatic rings. The first-order valence-electron chi connectivity index (χ1n) is 9.64. The van der Waals surface area contributed by atoms with Crippen LogP contribution in [0.25, 0.3) is 32.4 Å². The third-order valence-corrected chi connectivity index (χ3v) is 7.22. The van der Waals surface area contributed by atoms with Gasteiger partial charge in [-0.05, 0) is 56.4 Å². The van der Waals surface area contributed by atoms with Crippen LogP contribution in [0.1, 0.15) is 40.2 Å². The molecule has 0 bridgehead atoms. The van der Waals surface area contributed by atoms with Crippen molar-refractivity contribution < 1.29 is 4.79 Å². The second-order valence-electron chi connectivity index (χ2n) is 7.48. The zero-order valence-electron chi connectivity index (χ0n) is 16.1. The summed E-state index contributed by atoms with van der Waals surface area (Å²) in [6.45, 7) is 3.89. The number of hydrogen-bond acceptors (Lipinski definition) is 5. The van der Waals surface area contributed by atoms with Crippen molar-refractivity contribution in [2.45, 2.75) is 39.2 Å². The highest BCUT2D eigenvalue weighted by atomic mass is 35.5. The molecule has 146 valence electrons. The van der Waals surface area contributed by atoms with Gasteiger partial charge in [-0.3, -0.25) is 14.8 Å². The predicted molar refractivity (Wildman–Crippen MR) is 118 cm³/mol. The second-order valence-corrected chi connectivity index (χ2v) is 8.86. The minimum atomic E-state index is -0.0416. The summed E-state index contributed by atoms with van der Waals surface area (Å²) in [7, 11) is 0. The summed E-state index contributed by atoms with van der Waals surface area (Å²) < 4.78 is 0. The highest BCUT2D eigenvalue weighted by molar-refractivity contribution is 7.21. The number of aromatic nitrogens is 3. The molecule has 1 saturated carbocycles. The fourth-order valence-corrected chi connectivity index (χ4v) is 5.13. The predicted octanol–water partition coefficient (Wildman–Crippen LogP) is 5.46. The maximum Gasteiger partial charge on any atom is 0.262 e. The molecule has 5 rings (SSSR count). The molecule has 0 radical (unpaired) electrons. The van der Waals surface area contributed by atoms with E-state index in [0.717, 1.165) is 56.5 Å². The van der Waals surface area contributed by atoms with E-state index in [4.69, 9.17) is 11.6 Å². The molecule has 1 fully saturated rings. The number of aryl methyl sites for hydroxylation is 2. The van der Waals surface area contributed by atoms with E-state index in [2.05, 4.69) is 20.3 Å². The van der Waals surface area contributed by atoms with Gasteiger partial charge in [0.05, 0.1) is 21.7 Å². The van der Waals surface area contributed by atoms with Gasteiger partial charge in [-0.2, -0.15) is 0 Å². The minimum absolute atomic E-state index is 0.0416. The zero-order valence-corrected chi connectivity index (χ0v) is 17.7. The lowest BCUT2D eigenvalue weighted by Crippen LogP contribution is -2.39. The van der Waals surface area contributed by atoms with Crippen LogP contribution in [0.2, 0.25) is 5.02 Å². The number of thiophene rings is 1. The van der Waals surface area contributed by atoms with Crippen LogP contribution in [0, 0.1) is 13.8 Å². The third-order valence-electron chi connectivity index (χ3n) is 5.59. The van der Waals surface area contributed by atoms with Crippen LogP contribution >= 0.6 is 22.9 Å². The summed E-state index contributed by atoms with van der Waals surface area (Å²) in [6.07, 6.45) is 6.60. The molecule has 3 heterocycles. The smallest absolute Gasteiger partial charge is 0.262 e. The molecule has 1 N–H and O–H groups in total. The van der Waals surface area contributed by atoms with E-state index in [1.807, 2.05) is 32.0 Å². The molecule has 0 atom stereocenters. The number of hydrogen-bond donors (Lipinski definition) is 1. The Kier molecular flexibility index (Phi) is 4.48. The largest absolute Gasteiger partial charge is 0.349 e. The molecule has 1 aromatic carbocycles. The van der Waals surface area contributed by atoms with E-state index in [0.29, 0.717) is 9.90 Å².